The first-order valence-corrected chi connectivity index (χ1v) is 7.28. The fraction of sp³-hybridized carbons (Fsp3) is 0.105. The summed E-state index contributed by atoms with van der Waals surface area (Å²) >= 11 is 0. The van der Waals surface area contributed by atoms with Crippen molar-refractivity contribution in [3.05, 3.63) is 79.3 Å². The minimum Gasteiger partial charge on any atom is -0.326 e. The van der Waals surface area contributed by atoms with Gasteiger partial charge in [0.1, 0.15) is 0 Å². The van der Waals surface area contributed by atoms with E-state index in [2.05, 4.69) is 17.2 Å². The molecule has 0 bridgehead atoms. The fourth-order valence-electron chi connectivity index (χ4n) is 2.52. The van der Waals surface area contributed by atoms with E-state index < -0.39 is 0 Å². The molecule has 1 heterocycles. The highest BCUT2D eigenvalue weighted by Crippen LogP contribution is 2.23. The Hall–Kier alpha value is -2.68. The van der Waals surface area contributed by atoms with Crippen LogP contribution in [0.4, 0.5) is 5.69 Å². The van der Waals surface area contributed by atoms with Gasteiger partial charge in [-0.2, -0.15) is 0 Å². The third-order valence-corrected chi connectivity index (χ3v) is 3.68. The van der Waals surface area contributed by atoms with Gasteiger partial charge in [0.25, 0.3) is 0 Å². The van der Waals surface area contributed by atoms with Crippen LogP contribution in [0.2, 0.25) is 0 Å². The number of benzene rings is 2. The molecule has 0 aliphatic rings. The van der Waals surface area contributed by atoms with Crippen molar-refractivity contribution in [1.82, 2.24) is 4.98 Å². The van der Waals surface area contributed by atoms with E-state index in [9.17, 15) is 4.79 Å². The standard InChI is InChI=1S/C19H17N2O/c1-2-17(14-7-4-3-5-8-14)19(22)21-16-10-11-18-15(13-16)9-6-12-20-18/h3-13,17H,1-2H2,(H,21,22). The summed E-state index contributed by atoms with van der Waals surface area (Å²) in [6.45, 7) is 3.90. The van der Waals surface area contributed by atoms with E-state index in [0.717, 1.165) is 22.2 Å². The van der Waals surface area contributed by atoms with Crippen molar-refractivity contribution in [2.24, 2.45) is 0 Å². The van der Waals surface area contributed by atoms with Gasteiger partial charge < -0.3 is 5.32 Å². The number of aromatic nitrogens is 1. The van der Waals surface area contributed by atoms with E-state index in [-0.39, 0.29) is 11.8 Å². The first-order chi connectivity index (χ1) is 10.8. The Labute approximate surface area is 130 Å². The van der Waals surface area contributed by atoms with Crippen LogP contribution in [0.3, 0.4) is 0 Å². The molecule has 0 fully saturated rings. The van der Waals surface area contributed by atoms with Gasteiger partial charge in [0, 0.05) is 17.3 Å². The Kier molecular flexibility index (Phi) is 4.15. The van der Waals surface area contributed by atoms with Crippen LogP contribution in [-0.4, -0.2) is 10.9 Å². The van der Waals surface area contributed by atoms with Gasteiger partial charge >= 0.3 is 0 Å². The Bertz CT molecular complexity index is 784. The number of carbonyl (C=O) groups is 1. The van der Waals surface area contributed by atoms with Crippen LogP contribution in [0.25, 0.3) is 10.9 Å². The number of anilines is 1. The summed E-state index contributed by atoms with van der Waals surface area (Å²) in [5.74, 6) is -0.282. The van der Waals surface area contributed by atoms with Crippen molar-refractivity contribution in [2.45, 2.75) is 12.3 Å². The van der Waals surface area contributed by atoms with Crippen LogP contribution >= 0.6 is 0 Å². The van der Waals surface area contributed by atoms with Crippen LogP contribution < -0.4 is 5.32 Å². The average Bonchev–Trinajstić information content (AvgIpc) is 2.56. The SMILES string of the molecule is [CH2]CC(C(=O)Nc1ccc2ncccc2c1)c1ccccc1. The third kappa shape index (κ3) is 2.98. The number of amides is 1. The first kappa shape index (κ1) is 14.3. The summed E-state index contributed by atoms with van der Waals surface area (Å²) in [7, 11) is 0. The number of fused-ring (bicyclic) bond motifs is 1. The van der Waals surface area contributed by atoms with E-state index >= 15 is 0 Å². The molecular formula is C19H17N2O. The van der Waals surface area contributed by atoms with E-state index in [1.807, 2.05) is 60.7 Å². The van der Waals surface area contributed by atoms with Crippen LogP contribution in [0.15, 0.2) is 66.9 Å². The molecule has 1 aromatic heterocycles. The lowest BCUT2D eigenvalue weighted by molar-refractivity contribution is -0.117. The number of nitrogens with one attached hydrogen (secondary N) is 1. The molecular weight excluding hydrogens is 272 g/mol. The molecule has 3 nitrogen and oxygen atoms in total. The Balaban J connectivity index is 1.82. The molecule has 22 heavy (non-hydrogen) atoms. The molecule has 0 spiro atoms. The zero-order valence-corrected chi connectivity index (χ0v) is 12.2. The highest BCUT2D eigenvalue weighted by molar-refractivity contribution is 5.97. The largest absolute Gasteiger partial charge is 0.326 e. The number of carbonyl (C=O) groups excluding carboxylic acids is 1. The van der Waals surface area contributed by atoms with E-state index in [1.54, 1.807) is 6.20 Å². The number of nitrogens with zero attached hydrogens (tertiary/aromatic N) is 1. The minimum absolute atomic E-state index is 0.0376. The monoisotopic (exact) mass is 289 g/mol. The van der Waals surface area contributed by atoms with Crippen molar-refractivity contribution in [3.63, 3.8) is 0 Å². The van der Waals surface area contributed by atoms with Crippen LogP contribution in [-0.2, 0) is 4.79 Å². The third-order valence-electron chi connectivity index (χ3n) is 3.68. The molecule has 3 rings (SSSR count). The summed E-state index contributed by atoms with van der Waals surface area (Å²) in [5.41, 5.74) is 2.68. The Morgan fingerprint density at radius 2 is 1.91 bits per heavy atom. The fourth-order valence-corrected chi connectivity index (χ4v) is 2.52. The molecule has 0 aliphatic heterocycles. The quantitative estimate of drug-likeness (QED) is 0.782. The van der Waals surface area contributed by atoms with Crippen molar-refractivity contribution in [2.75, 3.05) is 5.32 Å². The molecule has 1 N–H and O–H groups in total. The van der Waals surface area contributed by atoms with Crippen LogP contribution in [0.1, 0.15) is 17.9 Å². The van der Waals surface area contributed by atoms with Crippen molar-refractivity contribution in [3.8, 4) is 0 Å². The summed E-state index contributed by atoms with van der Waals surface area (Å²) in [4.78, 5) is 16.8. The molecule has 2 aromatic carbocycles. The summed E-state index contributed by atoms with van der Waals surface area (Å²) in [6.07, 6.45) is 2.28. The van der Waals surface area contributed by atoms with Crippen molar-refractivity contribution >= 4 is 22.5 Å². The van der Waals surface area contributed by atoms with Gasteiger partial charge in [-0.05, 0) is 36.2 Å². The smallest absolute Gasteiger partial charge is 0.231 e. The van der Waals surface area contributed by atoms with Crippen molar-refractivity contribution in [1.29, 1.82) is 0 Å². The molecule has 0 saturated carbocycles. The van der Waals surface area contributed by atoms with Crippen molar-refractivity contribution < 1.29 is 4.79 Å². The maximum atomic E-state index is 12.5. The van der Waals surface area contributed by atoms with Crippen LogP contribution in [0, 0.1) is 6.92 Å². The highest BCUT2D eigenvalue weighted by Gasteiger charge is 2.18. The Morgan fingerprint density at radius 1 is 1.09 bits per heavy atom. The highest BCUT2D eigenvalue weighted by atomic mass is 16.1. The van der Waals surface area contributed by atoms with Gasteiger partial charge in [-0.25, -0.2) is 0 Å². The second-order valence-corrected chi connectivity index (χ2v) is 5.15. The van der Waals surface area contributed by atoms with Gasteiger partial charge in [-0.3, -0.25) is 9.78 Å². The van der Waals surface area contributed by atoms with E-state index in [4.69, 9.17) is 0 Å². The summed E-state index contributed by atoms with van der Waals surface area (Å²) in [6, 6.07) is 19.3. The maximum Gasteiger partial charge on any atom is 0.231 e. The van der Waals surface area contributed by atoms with Gasteiger partial charge in [0.15, 0.2) is 0 Å². The van der Waals surface area contributed by atoms with E-state index in [0.29, 0.717) is 6.42 Å². The number of hydrogen-bond acceptors (Lipinski definition) is 2. The summed E-state index contributed by atoms with van der Waals surface area (Å²) in [5, 5.41) is 3.98. The van der Waals surface area contributed by atoms with Gasteiger partial charge in [0.2, 0.25) is 5.91 Å². The second kappa shape index (κ2) is 6.39. The Morgan fingerprint density at radius 3 is 2.68 bits per heavy atom. The van der Waals surface area contributed by atoms with E-state index in [1.165, 1.54) is 0 Å². The summed E-state index contributed by atoms with van der Waals surface area (Å²) < 4.78 is 0. The maximum absolute atomic E-state index is 12.5. The lowest BCUT2D eigenvalue weighted by atomic mass is 9.95. The zero-order valence-electron chi connectivity index (χ0n) is 12.2. The predicted molar refractivity (Wildman–Crippen MR) is 89.5 cm³/mol. The molecule has 3 aromatic rings. The number of pyridine rings is 1. The van der Waals surface area contributed by atoms with Gasteiger partial charge in [-0.1, -0.05) is 43.3 Å². The molecule has 0 saturated heterocycles. The van der Waals surface area contributed by atoms with Gasteiger partial charge in [0.05, 0.1) is 11.4 Å². The zero-order chi connectivity index (χ0) is 15.4. The molecule has 1 radical (unpaired) electrons. The minimum atomic E-state index is -0.245. The second-order valence-electron chi connectivity index (χ2n) is 5.15. The lowest BCUT2D eigenvalue weighted by Crippen LogP contribution is -2.20. The molecule has 1 amide bonds. The molecule has 0 aliphatic carbocycles. The average molecular weight is 289 g/mol. The van der Waals surface area contributed by atoms with Gasteiger partial charge in [-0.15, -0.1) is 0 Å². The van der Waals surface area contributed by atoms with Crippen LogP contribution in [0.5, 0.6) is 0 Å². The molecule has 1 unspecified atom stereocenters. The lowest BCUT2D eigenvalue weighted by Gasteiger charge is -2.15. The topological polar surface area (TPSA) is 42.0 Å². The predicted octanol–water partition coefficient (Wildman–Crippen LogP) is 4.18. The molecule has 109 valence electrons. The molecule has 3 heteroatoms. The normalized spacial score (nSPS) is 12.0. The number of rotatable bonds is 4. The number of hydrogen-bond donors (Lipinski definition) is 1. The first-order valence-electron chi connectivity index (χ1n) is 7.28. The molecule has 1 atom stereocenters.